The van der Waals surface area contributed by atoms with Crippen LogP contribution in [-0.4, -0.2) is 30.5 Å². The Hall–Kier alpha value is -2.22. The molecule has 0 aliphatic carbocycles. The van der Waals surface area contributed by atoms with Gasteiger partial charge >= 0.3 is 0 Å². The van der Waals surface area contributed by atoms with Crippen LogP contribution >= 0.6 is 23.2 Å². The number of amides is 1. The molecular formula is C21H22Cl2N2O2. The van der Waals surface area contributed by atoms with Gasteiger partial charge in [-0.05, 0) is 36.6 Å². The smallest absolute Gasteiger partial charge is 0.222 e. The standard InChI is InChI=1S/C21H22Cl2N2O2/c22-18-9-10-20(19(23)16-18)27-15-4-8-21(26)25(13-5-12-24)14-11-17-6-2-1-3-7-17/h1-3,6-7,9-10,16H,4-5,8,11,13-15H2. The van der Waals surface area contributed by atoms with Crippen molar-refractivity contribution in [2.45, 2.75) is 25.7 Å². The van der Waals surface area contributed by atoms with Crippen LogP contribution in [-0.2, 0) is 11.2 Å². The van der Waals surface area contributed by atoms with Crippen LogP contribution in [0.1, 0.15) is 24.8 Å². The molecular weight excluding hydrogens is 383 g/mol. The number of benzene rings is 2. The lowest BCUT2D eigenvalue weighted by Gasteiger charge is -2.22. The molecule has 0 heterocycles. The van der Waals surface area contributed by atoms with Crippen LogP contribution in [0.3, 0.4) is 0 Å². The molecule has 0 spiro atoms. The summed E-state index contributed by atoms with van der Waals surface area (Å²) in [5, 5.41) is 9.84. The normalized spacial score (nSPS) is 10.3. The quantitative estimate of drug-likeness (QED) is 0.515. The predicted molar refractivity (Wildman–Crippen MR) is 108 cm³/mol. The number of hydrogen-bond acceptors (Lipinski definition) is 3. The Morgan fingerprint density at radius 2 is 1.89 bits per heavy atom. The van der Waals surface area contributed by atoms with Crippen molar-refractivity contribution in [3.8, 4) is 11.8 Å². The summed E-state index contributed by atoms with van der Waals surface area (Å²) in [6, 6.07) is 17.2. The van der Waals surface area contributed by atoms with Gasteiger partial charge in [0.25, 0.3) is 0 Å². The number of ether oxygens (including phenoxy) is 1. The van der Waals surface area contributed by atoms with Gasteiger partial charge in [0, 0.05) is 24.5 Å². The third kappa shape index (κ3) is 7.50. The maximum absolute atomic E-state index is 12.5. The molecule has 0 unspecified atom stereocenters. The Kier molecular flexibility index (Phi) is 8.97. The maximum Gasteiger partial charge on any atom is 0.222 e. The van der Waals surface area contributed by atoms with E-state index in [9.17, 15) is 4.79 Å². The van der Waals surface area contributed by atoms with Crippen LogP contribution < -0.4 is 4.74 Å². The van der Waals surface area contributed by atoms with Gasteiger partial charge in [-0.2, -0.15) is 5.26 Å². The van der Waals surface area contributed by atoms with Crippen LogP contribution in [0, 0.1) is 11.3 Å². The number of rotatable bonds is 10. The Bertz CT molecular complexity index is 775. The molecule has 2 rings (SSSR count). The second kappa shape index (κ2) is 11.5. The first-order valence-corrected chi connectivity index (χ1v) is 9.62. The Morgan fingerprint density at radius 1 is 1.11 bits per heavy atom. The molecule has 2 aromatic rings. The number of nitrogens with zero attached hydrogens (tertiary/aromatic N) is 2. The average Bonchev–Trinajstić information content (AvgIpc) is 2.67. The first-order chi connectivity index (χ1) is 13.1. The molecule has 0 atom stereocenters. The Labute approximate surface area is 170 Å². The molecule has 0 fully saturated rings. The third-order valence-corrected chi connectivity index (χ3v) is 4.58. The summed E-state index contributed by atoms with van der Waals surface area (Å²) in [5.74, 6) is 0.589. The Morgan fingerprint density at radius 3 is 2.59 bits per heavy atom. The van der Waals surface area contributed by atoms with Gasteiger partial charge in [0.15, 0.2) is 0 Å². The van der Waals surface area contributed by atoms with Crippen molar-refractivity contribution >= 4 is 29.1 Å². The molecule has 6 heteroatoms. The number of carbonyl (C=O) groups is 1. The van der Waals surface area contributed by atoms with Gasteiger partial charge in [-0.3, -0.25) is 4.79 Å². The second-order valence-electron chi connectivity index (χ2n) is 6.05. The first-order valence-electron chi connectivity index (χ1n) is 8.86. The molecule has 0 aromatic heterocycles. The van der Waals surface area contributed by atoms with Gasteiger partial charge in [0.05, 0.1) is 24.1 Å². The van der Waals surface area contributed by atoms with E-state index in [-0.39, 0.29) is 5.91 Å². The summed E-state index contributed by atoms with van der Waals surface area (Å²) >= 11 is 11.9. The van der Waals surface area contributed by atoms with E-state index in [1.54, 1.807) is 23.1 Å². The van der Waals surface area contributed by atoms with Crippen molar-refractivity contribution in [2.75, 3.05) is 19.7 Å². The van der Waals surface area contributed by atoms with Crippen molar-refractivity contribution in [3.63, 3.8) is 0 Å². The van der Waals surface area contributed by atoms with E-state index in [2.05, 4.69) is 6.07 Å². The number of halogens is 2. The molecule has 4 nitrogen and oxygen atoms in total. The van der Waals surface area contributed by atoms with Crippen LogP contribution in [0.15, 0.2) is 48.5 Å². The molecule has 0 aliphatic heterocycles. The summed E-state index contributed by atoms with van der Waals surface area (Å²) in [6.07, 6.45) is 2.05. The van der Waals surface area contributed by atoms with Gasteiger partial charge < -0.3 is 9.64 Å². The summed E-state index contributed by atoms with van der Waals surface area (Å²) in [5.41, 5.74) is 1.17. The van der Waals surface area contributed by atoms with Gasteiger partial charge in [-0.25, -0.2) is 0 Å². The predicted octanol–water partition coefficient (Wildman–Crippen LogP) is 5.14. The van der Waals surface area contributed by atoms with Crippen LogP contribution in [0.25, 0.3) is 0 Å². The van der Waals surface area contributed by atoms with Crippen molar-refractivity contribution in [2.24, 2.45) is 0 Å². The average molecular weight is 405 g/mol. The lowest BCUT2D eigenvalue weighted by molar-refractivity contribution is -0.131. The largest absolute Gasteiger partial charge is 0.492 e. The molecule has 0 aliphatic rings. The third-order valence-electron chi connectivity index (χ3n) is 4.05. The SMILES string of the molecule is N#CCCN(CCc1ccccc1)C(=O)CCCOc1ccc(Cl)cc1Cl. The number of carbonyl (C=O) groups excluding carboxylic acids is 1. The number of hydrogen-bond donors (Lipinski definition) is 0. The molecule has 142 valence electrons. The molecule has 0 saturated heterocycles. The van der Waals surface area contributed by atoms with E-state index < -0.39 is 0 Å². The topological polar surface area (TPSA) is 53.3 Å². The second-order valence-corrected chi connectivity index (χ2v) is 6.89. The number of nitriles is 1. The van der Waals surface area contributed by atoms with Gasteiger partial charge in [0.1, 0.15) is 5.75 Å². The lowest BCUT2D eigenvalue weighted by Crippen LogP contribution is -2.33. The van der Waals surface area contributed by atoms with Gasteiger partial charge in [-0.15, -0.1) is 0 Å². The van der Waals surface area contributed by atoms with E-state index in [1.165, 1.54) is 5.56 Å². The van der Waals surface area contributed by atoms with Crippen LogP contribution in [0.4, 0.5) is 0 Å². The highest BCUT2D eigenvalue weighted by Crippen LogP contribution is 2.27. The van der Waals surface area contributed by atoms with E-state index >= 15 is 0 Å². The maximum atomic E-state index is 12.5. The van der Waals surface area contributed by atoms with Gasteiger partial charge in [0.2, 0.25) is 5.91 Å². The van der Waals surface area contributed by atoms with Crippen LogP contribution in [0.2, 0.25) is 10.0 Å². The molecule has 2 aromatic carbocycles. The van der Waals surface area contributed by atoms with Gasteiger partial charge in [-0.1, -0.05) is 53.5 Å². The van der Waals surface area contributed by atoms with E-state index in [1.807, 2.05) is 30.3 Å². The molecule has 0 bridgehead atoms. The van der Waals surface area contributed by atoms with E-state index in [0.29, 0.717) is 54.8 Å². The zero-order valence-electron chi connectivity index (χ0n) is 15.0. The fourth-order valence-electron chi connectivity index (χ4n) is 2.61. The minimum atomic E-state index is 0.0342. The Balaban J connectivity index is 1.79. The highest BCUT2D eigenvalue weighted by molar-refractivity contribution is 6.35. The van der Waals surface area contributed by atoms with Crippen molar-refractivity contribution in [3.05, 3.63) is 64.1 Å². The van der Waals surface area contributed by atoms with Crippen molar-refractivity contribution in [1.82, 2.24) is 4.90 Å². The fourth-order valence-corrected chi connectivity index (χ4v) is 3.07. The molecule has 27 heavy (non-hydrogen) atoms. The molecule has 0 saturated carbocycles. The lowest BCUT2D eigenvalue weighted by atomic mass is 10.1. The molecule has 0 N–H and O–H groups in total. The summed E-state index contributed by atoms with van der Waals surface area (Å²) in [7, 11) is 0. The zero-order chi connectivity index (χ0) is 19.5. The zero-order valence-corrected chi connectivity index (χ0v) is 16.5. The van der Waals surface area contributed by atoms with Crippen molar-refractivity contribution < 1.29 is 9.53 Å². The fraction of sp³-hybridized carbons (Fsp3) is 0.333. The minimum absolute atomic E-state index is 0.0342. The summed E-state index contributed by atoms with van der Waals surface area (Å²) in [6.45, 7) is 1.44. The van der Waals surface area contributed by atoms with E-state index in [4.69, 9.17) is 33.2 Å². The van der Waals surface area contributed by atoms with Crippen LogP contribution in [0.5, 0.6) is 5.75 Å². The molecule has 1 amide bonds. The summed E-state index contributed by atoms with van der Waals surface area (Å²) in [4.78, 5) is 14.3. The van der Waals surface area contributed by atoms with Crippen molar-refractivity contribution in [1.29, 1.82) is 5.26 Å². The highest BCUT2D eigenvalue weighted by atomic mass is 35.5. The highest BCUT2D eigenvalue weighted by Gasteiger charge is 2.13. The monoisotopic (exact) mass is 404 g/mol. The summed E-state index contributed by atoms with van der Waals surface area (Å²) < 4.78 is 5.62. The minimum Gasteiger partial charge on any atom is -0.492 e. The first kappa shape index (κ1) is 21.1. The molecule has 0 radical (unpaired) electrons. The van der Waals surface area contributed by atoms with E-state index in [0.717, 1.165) is 6.42 Å².